The Morgan fingerprint density at radius 2 is 2.28 bits per heavy atom. The zero-order valence-corrected chi connectivity index (χ0v) is 9.63. The number of carboxylic acid groups (broad SMARTS) is 1. The SMILES string of the molecule is O=C(O)CN1C2=C(CCC=C2)Nc2nccnc21. The summed E-state index contributed by atoms with van der Waals surface area (Å²) in [6, 6.07) is 0. The van der Waals surface area contributed by atoms with E-state index in [-0.39, 0.29) is 6.54 Å². The molecule has 6 nitrogen and oxygen atoms in total. The van der Waals surface area contributed by atoms with Crippen molar-refractivity contribution in [2.24, 2.45) is 0 Å². The van der Waals surface area contributed by atoms with Gasteiger partial charge in [-0.1, -0.05) is 6.08 Å². The topological polar surface area (TPSA) is 78.4 Å². The second-order valence-corrected chi connectivity index (χ2v) is 4.14. The number of allylic oxidation sites excluding steroid dienone is 3. The fourth-order valence-electron chi connectivity index (χ4n) is 2.20. The monoisotopic (exact) mass is 244 g/mol. The Labute approximate surface area is 104 Å². The van der Waals surface area contributed by atoms with Crippen LogP contribution in [0.15, 0.2) is 35.9 Å². The standard InChI is InChI=1S/C12H12N4O2/c17-10(18)7-16-9-4-2-1-3-8(9)15-11-12(16)14-6-5-13-11/h2,4-6H,1,3,7H2,(H,13,15)(H,17,18). The molecule has 1 aromatic rings. The van der Waals surface area contributed by atoms with Gasteiger partial charge in [-0.15, -0.1) is 0 Å². The molecule has 18 heavy (non-hydrogen) atoms. The molecule has 1 aliphatic carbocycles. The summed E-state index contributed by atoms with van der Waals surface area (Å²) in [5.74, 6) is 0.289. The van der Waals surface area contributed by atoms with Gasteiger partial charge < -0.3 is 15.3 Å². The molecule has 0 saturated heterocycles. The third-order valence-corrected chi connectivity index (χ3v) is 2.93. The van der Waals surface area contributed by atoms with E-state index in [9.17, 15) is 4.79 Å². The summed E-state index contributed by atoms with van der Waals surface area (Å²) in [5.41, 5.74) is 1.88. The van der Waals surface area contributed by atoms with E-state index >= 15 is 0 Å². The molecular formula is C12H12N4O2. The van der Waals surface area contributed by atoms with E-state index in [1.165, 1.54) is 0 Å². The summed E-state index contributed by atoms with van der Waals surface area (Å²) in [6.45, 7) is -0.115. The van der Waals surface area contributed by atoms with Crippen LogP contribution < -0.4 is 10.2 Å². The predicted octanol–water partition coefficient (Wildman–Crippen LogP) is 1.35. The maximum Gasteiger partial charge on any atom is 0.323 e. The normalized spacial score (nSPS) is 17.0. The van der Waals surface area contributed by atoms with Gasteiger partial charge in [-0.05, 0) is 18.9 Å². The van der Waals surface area contributed by atoms with Crippen LogP contribution in [0, 0.1) is 0 Å². The Hall–Kier alpha value is -2.37. The number of anilines is 2. The molecule has 0 unspecified atom stereocenters. The summed E-state index contributed by atoms with van der Waals surface area (Å²) in [7, 11) is 0. The molecule has 2 N–H and O–H groups in total. The van der Waals surface area contributed by atoms with E-state index in [2.05, 4.69) is 15.3 Å². The van der Waals surface area contributed by atoms with E-state index in [1.807, 2.05) is 12.2 Å². The third kappa shape index (κ3) is 1.71. The van der Waals surface area contributed by atoms with Crippen molar-refractivity contribution < 1.29 is 9.90 Å². The molecular weight excluding hydrogens is 232 g/mol. The fraction of sp³-hybridized carbons (Fsp3) is 0.250. The number of nitrogens with zero attached hydrogens (tertiary/aromatic N) is 3. The first-order valence-corrected chi connectivity index (χ1v) is 5.73. The zero-order valence-electron chi connectivity index (χ0n) is 9.63. The second kappa shape index (κ2) is 4.14. The zero-order chi connectivity index (χ0) is 12.5. The molecule has 0 bridgehead atoms. The van der Waals surface area contributed by atoms with Gasteiger partial charge in [-0.2, -0.15) is 0 Å². The fourth-order valence-corrected chi connectivity index (χ4v) is 2.20. The van der Waals surface area contributed by atoms with Crippen LogP contribution in [-0.2, 0) is 4.79 Å². The summed E-state index contributed by atoms with van der Waals surface area (Å²) in [4.78, 5) is 21.1. The number of hydrogen-bond donors (Lipinski definition) is 2. The maximum atomic E-state index is 11.0. The summed E-state index contributed by atoms with van der Waals surface area (Å²) in [5, 5.41) is 12.2. The Morgan fingerprint density at radius 1 is 1.44 bits per heavy atom. The van der Waals surface area contributed by atoms with Crippen molar-refractivity contribution in [3.8, 4) is 0 Å². The molecule has 1 aliphatic heterocycles. The lowest BCUT2D eigenvalue weighted by molar-refractivity contribution is -0.135. The van der Waals surface area contributed by atoms with Crippen molar-refractivity contribution in [1.29, 1.82) is 0 Å². The van der Waals surface area contributed by atoms with Crippen LogP contribution in [0.5, 0.6) is 0 Å². The highest BCUT2D eigenvalue weighted by Gasteiger charge is 2.27. The van der Waals surface area contributed by atoms with E-state index in [0.717, 1.165) is 24.2 Å². The van der Waals surface area contributed by atoms with Crippen LogP contribution in [0.25, 0.3) is 0 Å². The highest BCUT2D eigenvalue weighted by molar-refractivity contribution is 5.80. The van der Waals surface area contributed by atoms with Crippen molar-refractivity contribution in [2.75, 3.05) is 16.8 Å². The van der Waals surface area contributed by atoms with Crippen LogP contribution in [0.1, 0.15) is 12.8 Å². The van der Waals surface area contributed by atoms with Crippen LogP contribution >= 0.6 is 0 Å². The minimum Gasteiger partial charge on any atom is -0.480 e. The van der Waals surface area contributed by atoms with E-state index in [1.54, 1.807) is 17.3 Å². The first kappa shape index (κ1) is 10.8. The Bertz CT molecular complexity index is 565. The van der Waals surface area contributed by atoms with Crippen molar-refractivity contribution in [3.63, 3.8) is 0 Å². The van der Waals surface area contributed by atoms with Gasteiger partial charge in [0.25, 0.3) is 0 Å². The van der Waals surface area contributed by atoms with Gasteiger partial charge >= 0.3 is 5.97 Å². The predicted molar refractivity (Wildman–Crippen MR) is 66.0 cm³/mol. The molecule has 0 atom stereocenters. The number of fused-ring (bicyclic) bond motifs is 1. The smallest absolute Gasteiger partial charge is 0.323 e. The first-order valence-electron chi connectivity index (χ1n) is 5.73. The van der Waals surface area contributed by atoms with Gasteiger partial charge in [-0.25, -0.2) is 9.97 Å². The molecule has 6 heteroatoms. The number of nitrogens with one attached hydrogen (secondary N) is 1. The molecule has 0 fully saturated rings. The molecule has 1 aromatic heterocycles. The molecule has 2 heterocycles. The molecule has 0 spiro atoms. The number of carbonyl (C=O) groups is 1. The molecule has 92 valence electrons. The van der Waals surface area contributed by atoms with Crippen molar-refractivity contribution in [2.45, 2.75) is 12.8 Å². The number of aromatic nitrogens is 2. The largest absolute Gasteiger partial charge is 0.480 e. The second-order valence-electron chi connectivity index (χ2n) is 4.14. The molecule has 0 saturated carbocycles. The summed E-state index contributed by atoms with van der Waals surface area (Å²) >= 11 is 0. The van der Waals surface area contributed by atoms with Crippen LogP contribution in [-0.4, -0.2) is 27.6 Å². The lowest BCUT2D eigenvalue weighted by Gasteiger charge is -2.33. The number of hydrogen-bond acceptors (Lipinski definition) is 5. The van der Waals surface area contributed by atoms with E-state index < -0.39 is 5.97 Å². The van der Waals surface area contributed by atoms with Crippen molar-refractivity contribution in [1.82, 2.24) is 9.97 Å². The van der Waals surface area contributed by atoms with Crippen molar-refractivity contribution in [3.05, 3.63) is 35.9 Å². The van der Waals surface area contributed by atoms with Gasteiger partial charge in [0.2, 0.25) is 0 Å². The molecule has 3 rings (SSSR count). The molecule has 2 aliphatic rings. The summed E-state index contributed by atoms with van der Waals surface area (Å²) < 4.78 is 0. The number of rotatable bonds is 2. The van der Waals surface area contributed by atoms with Gasteiger partial charge in [0.1, 0.15) is 6.54 Å². The Kier molecular flexibility index (Phi) is 2.47. The molecule has 0 aromatic carbocycles. The van der Waals surface area contributed by atoms with Crippen LogP contribution in [0.2, 0.25) is 0 Å². The maximum absolute atomic E-state index is 11.0. The van der Waals surface area contributed by atoms with Gasteiger partial charge in [0, 0.05) is 18.1 Å². The molecule has 0 radical (unpaired) electrons. The number of carboxylic acids is 1. The summed E-state index contributed by atoms with van der Waals surface area (Å²) in [6.07, 6.45) is 8.94. The quantitative estimate of drug-likeness (QED) is 0.817. The lowest BCUT2D eigenvalue weighted by atomic mass is 10.1. The van der Waals surface area contributed by atoms with Gasteiger partial charge in [0.15, 0.2) is 11.6 Å². The first-order chi connectivity index (χ1) is 8.75. The minimum atomic E-state index is -0.890. The highest BCUT2D eigenvalue weighted by Crippen LogP contribution is 2.35. The average Bonchev–Trinajstić information content (AvgIpc) is 2.38. The van der Waals surface area contributed by atoms with Crippen molar-refractivity contribution >= 4 is 17.6 Å². The van der Waals surface area contributed by atoms with Crippen LogP contribution in [0.4, 0.5) is 11.6 Å². The Balaban J connectivity index is 2.08. The average molecular weight is 244 g/mol. The third-order valence-electron chi connectivity index (χ3n) is 2.93. The molecule has 0 amide bonds. The highest BCUT2D eigenvalue weighted by atomic mass is 16.4. The minimum absolute atomic E-state index is 0.115. The van der Waals surface area contributed by atoms with Gasteiger partial charge in [0.05, 0.1) is 5.70 Å². The van der Waals surface area contributed by atoms with E-state index in [4.69, 9.17) is 5.11 Å². The number of aliphatic carboxylic acids is 1. The lowest BCUT2D eigenvalue weighted by Crippen LogP contribution is -2.35. The van der Waals surface area contributed by atoms with Gasteiger partial charge in [-0.3, -0.25) is 4.79 Å². The Morgan fingerprint density at radius 3 is 3.11 bits per heavy atom. The van der Waals surface area contributed by atoms with E-state index in [0.29, 0.717) is 11.6 Å². The van der Waals surface area contributed by atoms with Crippen LogP contribution in [0.3, 0.4) is 0 Å².